The molecular formula is C12H16ClFO2. The zero-order chi connectivity index (χ0) is 12.1. The third-order valence-corrected chi connectivity index (χ3v) is 2.84. The van der Waals surface area contributed by atoms with Crippen molar-refractivity contribution in [3.63, 3.8) is 0 Å². The molecule has 0 aliphatic heterocycles. The Morgan fingerprint density at radius 3 is 2.81 bits per heavy atom. The molecule has 1 rings (SSSR count). The first-order chi connectivity index (χ1) is 7.56. The Balaban J connectivity index is 2.69. The fourth-order valence-corrected chi connectivity index (χ4v) is 1.70. The normalized spacial score (nSPS) is 14.8. The summed E-state index contributed by atoms with van der Waals surface area (Å²) in [5, 5.41) is 9.91. The maximum absolute atomic E-state index is 13.5. The maximum atomic E-state index is 13.5. The zero-order valence-corrected chi connectivity index (χ0v) is 10.2. The molecule has 1 N–H and O–H groups in total. The second-order valence-corrected chi connectivity index (χ2v) is 4.32. The van der Waals surface area contributed by atoms with Gasteiger partial charge >= 0.3 is 0 Å². The van der Waals surface area contributed by atoms with Crippen LogP contribution in [0.2, 0.25) is 5.02 Å². The molecule has 1 aromatic carbocycles. The molecule has 0 bridgehead atoms. The van der Waals surface area contributed by atoms with Crippen molar-refractivity contribution in [2.45, 2.75) is 19.4 Å². The Hall–Kier alpha value is -0.640. The second kappa shape index (κ2) is 6.18. The minimum atomic E-state index is -0.632. The summed E-state index contributed by atoms with van der Waals surface area (Å²) in [4.78, 5) is 0. The van der Waals surface area contributed by atoms with Gasteiger partial charge in [0.1, 0.15) is 5.82 Å². The Morgan fingerprint density at radius 2 is 2.19 bits per heavy atom. The van der Waals surface area contributed by atoms with Crippen molar-refractivity contribution in [3.8, 4) is 0 Å². The highest BCUT2D eigenvalue weighted by molar-refractivity contribution is 6.30. The van der Waals surface area contributed by atoms with E-state index in [9.17, 15) is 9.50 Å². The van der Waals surface area contributed by atoms with Crippen molar-refractivity contribution in [2.24, 2.45) is 5.92 Å². The van der Waals surface area contributed by atoms with E-state index in [0.717, 1.165) is 0 Å². The average Bonchev–Trinajstić information content (AvgIpc) is 2.25. The summed E-state index contributed by atoms with van der Waals surface area (Å²) < 4.78 is 18.5. The lowest BCUT2D eigenvalue weighted by Crippen LogP contribution is -2.24. The zero-order valence-electron chi connectivity index (χ0n) is 9.41. The van der Waals surface area contributed by atoms with Crippen LogP contribution in [0.4, 0.5) is 4.39 Å². The van der Waals surface area contributed by atoms with Gasteiger partial charge in [0.05, 0.1) is 17.7 Å². The molecule has 0 saturated carbocycles. The number of hydrogen-bond acceptors (Lipinski definition) is 2. The molecule has 0 radical (unpaired) electrons. The van der Waals surface area contributed by atoms with E-state index in [2.05, 4.69) is 0 Å². The lowest BCUT2D eigenvalue weighted by Gasteiger charge is -2.18. The van der Waals surface area contributed by atoms with Gasteiger partial charge in [-0.1, -0.05) is 30.7 Å². The smallest absolute Gasteiger partial charge is 0.145 e. The molecule has 0 heterocycles. The monoisotopic (exact) mass is 246 g/mol. The van der Waals surface area contributed by atoms with Crippen LogP contribution in [0.15, 0.2) is 18.2 Å². The van der Waals surface area contributed by atoms with Crippen molar-refractivity contribution in [2.75, 3.05) is 13.7 Å². The Labute approximate surface area is 100.0 Å². The summed E-state index contributed by atoms with van der Waals surface area (Å²) in [6, 6.07) is 4.80. The van der Waals surface area contributed by atoms with Crippen LogP contribution in [0.3, 0.4) is 0 Å². The molecule has 0 spiro atoms. The first-order valence-electron chi connectivity index (χ1n) is 5.16. The average molecular weight is 247 g/mol. The Bertz CT molecular complexity index is 344. The van der Waals surface area contributed by atoms with Crippen LogP contribution in [0.25, 0.3) is 0 Å². The van der Waals surface area contributed by atoms with Gasteiger partial charge in [-0.05, 0) is 11.6 Å². The summed E-state index contributed by atoms with van der Waals surface area (Å²) >= 11 is 5.66. The third kappa shape index (κ3) is 3.44. The number of aliphatic hydroxyl groups excluding tert-OH is 1. The number of halogens is 2. The van der Waals surface area contributed by atoms with Crippen LogP contribution in [0.5, 0.6) is 0 Å². The minimum absolute atomic E-state index is 0.0385. The standard InChI is InChI=1S/C12H16ClFO2/c1-8(7-16-2)11(15)6-9-4-3-5-10(13)12(9)14/h3-5,8,11,15H,6-7H2,1-2H3. The van der Waals surface area contributed by atoms with E-state index >= 15 is 0 Å². The molecule has 2 nitrogen and oxygen atoms in total. The van der Waals surface area contributed by atoms with Gasteiger partial charge in [-0.25, -0.2) is 4.39 Å². The lowest BCUT2D eigenvalue weighted by atomic mass is 9.98. The second-order valence-electron chi connectivity index (χ2n) is 3.92. The van der Waals surface area contributed by atoms with Crippen molar-refractivity contribution in [3.05, 3.63) is 34.6 Å². The molecule has 1 aromatic rings. The van der Waals surface area contributed by atoms with Crippen LogP contribution in [-0.2, 0) is 11.2 Å². The van der Waals surface area contributed by atoms with E-state index in [1.54, 1.807) is 19.2 Å². The van der Waals surface area contributed by atoms with E-state index in [0.29, 0.717) is 12.2 Å². The number of rotatable bonds is 5. The van der Waals surface area contributed by atoms with Crippen molar-refractivity contribution in [1.82, 2.24) is 0 Å². The van der Waals surface area contributed by atoms with Gasteiger partial charge in [-0.3, -0.25) is 0 Å². The van der Waals surface area contributed by atoms with Gasteiger partial charge < -0.3 is 9.84 Å². The lowest BCUT2D eigenvalue weighted by molar-refractivity contribution is 0.0570. The maximum Gasteiger partial charge on any atom is 0.145 e. The molecule has 0 aliphatic carbocycles. The number of methoxy groups -OCH3 is 1. The van der Waals surface area contributed by atoms with Gasteiger partial charge in [0, 0.05) is 19.4 Å². The van der Waals surface area contributed by atoms with Crippen LogP contribution in [0.1, 0.15) is 12.5 Å². The summed E-state index contributed by atoms with van der Waals surface area (Å²) in [7, 11) is 1.57. The van der Waals surface area contributed by atoms with Crippen LogP contribution in [-0.4, -0.2) is 24.9 Å². The summed E-state index contributed by atoms with van der Waals surface area (Å²) in [6.45, 7) is 2.31. The van der Waals surface area contributed by atoms with Gasteiger partial charge in [-0.2, -0.15) is 0 Å². The molecule has 0 saturated heterocycles. The van der Waals surface area contributed by atoms with Crippen molar-refractivity contribution >= 4 is 11.6 Å². The highest BCUT2D eigenvalue weighted by Crippen LogP contribution is 2.20. The van der Waals surface area contributed by atoms with Gasteiger partial charge in [-0.15, -0.1) is 0 Å². The molecule has 2 atom stereocenters. The highest BCUT2D eigenvalue weighted by atomic mass is 35.5. The fraction of sp³-hybridized carbons (Fsp3) is 0.500. The third-order valence-electron chi connectivity index (χ3n) is 2.55. The minimum Gasteiger partial charge on any atom is -0.392 e. The number of benzene rings is 1. The molecule has 0 aliphatic rings. The molecule has 90 valence electrons. The molecule has 16 heavy (non-hydrogen) atoms. The van der Waals surface area contributed by atoms with E-state index in [-0.39, 0.29) is 17.4 Å². The first-order valence-corrected chi connectivity index (χ1v) is 5.54. The van der Waals surface area contributed by atoms with E-state index in [1.165, 1.54) is 6.07 Å². The SMILES string of the molecule is COCC(C)C(O)Cc1cccc(Cl)c1F. The number of hydrogen-bond donors (Lipinski definition) is 1. The fourth-order valence-electron chi connectivity index (χ4n) is 1.51. The first kappa shape index (κ1) is 13.4. The van der Waals surface area contributed by atoms with Gasteiger partial charge in [0.15, 0.2) is 0 Å². The van der Waals surface area contributed by atoms with E-state index in [4.69, 9.17) is 16.3 Å². The molecule has 2 unspecified atom stereocenters. The largest absolute Gasteiger partial charge is 0.392 e. The van der Waals surface area contributed by atoms with Gasteiger partial charge in [0.25, 0.3) is 0 Å². The Kier molecular flexibility index (Phi) is 5.19. The van der Waals surface area contributed by atoms with Crippen molar-refractivity contribution in [1.29, 1.82) is 0 Å². The topological polar surface area (TPSA) is 29.5 Å². The highest BCUT2D eigenvalue weighted by Gasteiger charge is 2.17. The quantitative estimate of drug-likeness (QED) is 0.866. The molecule has 0 fully saturated rings. The number of ether oxygens (including phenoxy) is 1. The molecule has 0 aromatic heterocycles. The molecular weight excluding hydrogens is 231 g/mol. The predicted molar refractivity (Wildman–Crippen MR) is 62.2 cm³/mol. The van der Waals surface area contributed by atoms with E-state index < -0.39 is 11.9 Å². The predicted octanol–water partition coefficient (Wildman–Crippen LogP) is 2.67. The molecule has 4 heteroatoms. The van der Waals surface area contributed by atoms with E-state index in [1.807, 2.05) is 6.92 Å². The molecule has 0 amide bonds. The van der Waals surface area contributed by atoms with Gasteiger partial charge in [0.2, 0.25) is 0 Å². The van der Waals surface area contributed by atoms with Crippen LogP contribution < -0.4 is 0 Å². The summed E-state index contributed by atoms with van der Waals surface area (Å²) in [5.74, 6) is -0.490. The van der Waals surface area contributed by atoms with Crippen molar-refractivity contribution < 1.29 is 14.2 Å². The summed E-state index contributed by atoms with van der Waals surface area (Å²) in [6.07, 6.45) is -0.385. The van der Waals surface area contributed by atoms with Crippen LogP contribution >= 0.6 is 11.6 Å². The van der Waals surface area contributed by atoms with Crippen LogP contribution in [0, 0.1) is 11.7 Å². The summed E-state index contributed by atoms with van der Waals surface area (Å²) in [5.41, 5.74) is 0.433. The Morgan fingerprint density at radius 1 is 1.50 bits per heavy atom. The number of aliphatic hydroxyl groups is 1.